The molecule has 2 aromatic rings. The molecule has 1 aliphatic heterocycles. The van der Waals surface area contributed by atoms with Gasteiger partial charge in [-0.05, 0) is 42.8 Å². The fraction of sp³-hybridized carbons (Fsp3) is 0.350. The third-order valence-corrected chi connectivity index (χ3v) is 6.41. The van der Waals surface area contributed by atoms with Gasteiger partial charge in [-0.3, -0.25) is 4.79 Å². The first-order chi connectivity index (χ1) is 13.3. The van der Waals surface area contributed by atoms with Gasteiger partial charge in [0, 0.05) is 32.4 Å². The predicted molar refractivity (Wildman–Crippen MR) is 108 cm³/mol. The van der Waals surface area contributed by atoms with Crippen molar-refractivity contribution in [3.05, 3.63) is 54.1 Å². The van der Waals surface area contributed by atoms with E-state index in [9.17, 15) is 13.2 Å². The summed E-state index contributed by atoms with van der Waals surface area (Å²) in [4.78, 5) is 16.8. The van der Waals surface area contributed by atoms with Crippen LogP contribution in [0.1, 0.15) is 12.5 Å². The molecule has 0 fully saturated rings. The maximum atomic E-state index is 12.9. The number of methoxy groups -OCH3 is 1. The van der Waals surface area contributed by atoms with Crippen LogP contribution in [0.25, 0.3) is 0 Å². The van der Waals surface area contributed by atoms with Gasteiger partial charge in [0.2, 0.25) is 15.9 Å². The molecular formula is C20H25N3O4S. The van der Waals surface area contributed by atoms with Crippen LogP contribution in [-0.2, 0) is 21.4 Å². The van der Waals surface area contributed by atoms with E-state index in [1.54, 1.807) is 24.0 Å². The number of benzene rings is 2. The molecule has 1 atom stereocenters. The standard InChI is InChI=1S/C20H25N3O4S/c1-15(21-28(25,26)18-10-8-17(27-3)9-11-18)20(24)23-13-12-22(2)19-7-5-4-6-16(19)14-23/h4-11,15,21H,12-14H2,1-3H3/t15-/m0/s1. The van der Waals surface area contributed by atoms with Gasteiger partial charge in [-0.15, -0.1) is 0 Å². The van der Waals surface area contributed by atoms with Crippen LogP contribution < -0.4 is 14.4 Å². The molecule has 0 saturated carbocycles. The normalized spacial score (nSPS) is 15.5. The van der Waals surface area contributed by atoms with Crippen LogP contribution in [0.3, 0.4) is 0 Å². The summed E-state index contributed by atoms with van der Waals surface area (Å²) in [5.74, 6) is 0.317. The van der Waals surface area contributed by atoms with Crippen molar-refractivity contribution in [3.8, 4) is 5.75 Å². The highest BCUT2D eigenvalue weighted by molar-refractivity contribution is 7.89. The highest BCUT2D eigenvalue weighted by Crippen LogP contribution is 2.24. The SMILES string of the molecule is COc1ccc(S(=O)(=O)N[C@@H](C)C(=O)N2CCN(C)c3ccccc3C2)cc1. The van der Waals surface area contributed by atoms with Crippen molar-refractivity contribution in [2.75, 3.05) is 32.1 Å². The Labute approximate surface area is 166 Å². The molecular weight excluding hydrogens is 378 g/mol. The average molecular weight is 404 g/mol. The minimum Gasteiger partial charge on any atom is -0.497 e. The lowest BCUT2D eigenvalue weighted by molar-refractivity contribution is -0.133. The maximum Gasteiger partial charge on any atom is 0.241 e. The smallest absolute Gasteiger partial charge is 0.241 e. The molecule has 28 heavy (non-hydrogen) atoms. The summed E-state index contributed by atoms with van der Waals surface area (Å²) in [5.41, 5.74) is 2.13. The zero-order valence-electron chi connectivity index (χ0n) is 16.3. The number of likely N-dealkylation sites (N-methyl/N-ethyl adjacent to an activating group) is 1. The number of para-hydroxylation sites is 1. The molecule has 0 radical (unpaired) electrons. The third kappa shape index (κ3) is 4.28. The van der Waals surface area contributed by atoms with Gasteiger partial charge < -0.3 is 14.5 Å². The largest absolute Gasteiger partial charge is 0.497 e. The number of fused-ring (bicyclic) bond motifs is 1. The first-order valence-corrected chi connectivity index (χ1v) is 10.5. The highest BCUT2D eigenvalue weighted by atomic mass is 32.2. The van der Waals surface area contributed by atoms with Crippen molar-refractivity contribution < 1.29 is 17.9 Å². The first-order valence-electron chi connectivity index (χ1n) is 9.06. The van der Waals surface area contributed by atoms with E-state index in [0.717, 1.165) is 11.3 Å². The van der Waals surface area contributed by atoms with E-state index in [2.05, 4.69) is 9.62 Å². The lowest BCUT2D eigenvalue weighted by Crippen LogP contribution is -2.47. The topological polar surface area (TPSA) is 78.9 Å². The monoisotopic (exact) mass is 403 g/mol. The number of carbonyl (C=O) groups excluding carboxylic acids is 1. The molecule has 1 heterocycles. The molecule has 3 rings (SSSR count). The number of anilines is 1. The van der Waals surface area contributed by atoms with E-state index in [1.807, 2.05) is 31.3 Å². The van der Waals surface area contributed by atoms with Gasteiger partial charge in [-0.25, -0.2) is 8.42 Å². The van der Waals surface area contributed by atoms with E-state index in [4.69, 9.17) is 4.74 Å². The summed E-state index contributed by atoms with van der Waals surface area (Å²) in [5, 5.41) is 0. The highest BCUT2D eigenvalue weighted by Gasteiger charge is 2.28. The zero-order chi connectivity index (χ0) is 20.3. The van der Waals surface area contributed by atoms with Crippen molar-refractivity contribution >= 4 is 21.6 Å². The van der Waals surface area contributed by atoms with Crippen LogP contribution in [0.5, 0.6) is 5.75 Å². The molecule has 0 aromatic heterocycles. The number of ether oxygens (including phenoxy) is 1. The Morgan fingerprint density at radius 1 is 1.11 bits per heavy atom. The molecule has 0 bridgehead atoms. The average Bonchev–Trinajstić information content (AvgIpc) is 2.86. The van der Waals surface area contributed by atoms with Gasteiger partial charge in [0.1, 0.15) is 5.75 Å². The number of nitrogens with zero attached hydrogens (tertiary/aromatic N) is 2. The lowest BCUT2D eigenvalue weighted by atomic mass is 10.1. The molecule has 0 aliphatic carbocycles. The second kappa shape index (κ2) is 8.20. The molecule has 2 aromatic carbocycles. The Balaban J connectivity index is 1.73. The number of carbonyl (C=O) groups is 1. The number of amides is 1. The molecule has 1 amide bonds. The number of hydrogen-bond donors (Lipinski definition) is 1. The molecule has 150 valence electrons. The summed E-state index contributed by atoms with van der Waals surface area (Å²) in [6.45, 7) is 3.23. The van der Waals surface area contributed by atoms with E-state index in [0.29, 0.717) is 25.4 Å². The summed E-state index contributed by atoms with van der Waals surface area (Å²) in [6, 6.07) is 13.1. The summed E-state index contributed by atoms with van der Waals surface area (Å²) in [7, 11) is -0.310. The van der Waals surface area contributed by atoms with Crippen molar-refractivity contribution in [3.63, 3.8) is 0 Å². The molecule has 0 spiro atoms. The lowest BCUT2D eigenvalue weighted by Gasteiger charge is -2.25. The summed E-state index contributed by atoms with van der Waals surface area (Å²) < 4.78 is 32.8. The Kier molecular flexibility index (Phi) is 5.90. The molecule has 1 aliphatic rings. The van der Waals surface area contributed by atoms with E-state index in [1.165, 1.54) is 19.2 Å². The van der Waals surface area contributed by atoms with Gasteiger partial charge in [0.05, 0.1) is 18.0 Å². The Hall–Kier alpha value is -2.58. The van der Waals surface area contributed by atoms with Crippen LogP contribution in [-0.4, -0.2) is 52.5 Å². The molecule has 1 N–H and O–H groups in total. The Morgan fingerprint density at radius 3 is 2.46 bits per heavy atom. The second-order valence-corrected chi connectivity index (χ2v) is 8.54. The maximum absolute atomic E-state index is 12.9. The fourth-order valence-corrected chi connectivity index (χ4v) is 4.46. The van der Waals surface area contributed by atoms with Crippen molar-refractivity contribution in [2.24, 2.45) is 0 Å². The quantitative estimate of drug-likeness (QED) is 0.824. The van der Waals surface area contributed by atoms with E-state index >= 15 is 0 Å². The number of sulfonamides is 1. The van der Waals surface area contributed by atoms with Crippen molar-refractivity contribution in [2.45, 2.75) is 24.4 Å². The van der Waals surface area contributed by atoms with Gasteiger partial charge in [-0.2, -0.15) is 4.72 Å². The molecule has 0 unspecified atom stereocenters. The third-order valence-electron chi connectivity index (χ3n) is 4.85. The second-order valence-electron chi connectivity index (χ2n) is 6.83. The minimum atomic E-state index is -3.81. The van der Waals surface area contributed by atoms with Crippen LogP contribution in [0, 0.1) is 0 Å². The van der Waals surface area contributed by atoms with Gasteiger partial charge >= 0.3 is 0 Å². The van der Waals surface area contributed by atoms with Crippen molar-refractivity contribution in [1.29, 1.82) is 0 Å². The molecule has 7 nitrogen and oxygen atoms in total. The Bertz CT molecular complexity index is 944. The van der Waals surface area contributed by atoms with Crippen molar-refractivity contribution in [1.82, 2.24) is 9.62 Å². The van der Waals surface area contributed by atoms with Crippen LogP contribution in [0.4, 0.5) is 5.69 Å². The predicted octanol–water partition coefficient (Wildman–Crippen LogP) is 1.84. The number of nitrogens with one attached hydrogen (secondary N) is 1. The zero-order valence-corrected chi connectivity index (χ0v) is 17.1. The van der Waals surface area contributed by atoms with E-state index in [-0.39, 0.29) is 10.8 Å². The van der Waals surface area contributed by atoms with Gasteiger partial charge in [0.15, 0.2) is 0 Å². The Morgan fingerprint density at radius 2 is 1.79 bits per heavy atom. The summed E-state index contributed by atoms with van der Waals surface area (Å²) >= 11 is 0. The number of hydrogen-bond acceptors (Lipinski definition) is 5. The van der Waals surface area contributed by atoms with Gasteiger partial charge in [-0.1, -0.05) is 18.2 Å². The fourth-order valence-electron chi connectivity index (χ4n) is 3.26. The van der Waals surface area contributed by atoms with E-state index < -0.39 is 16.1 Å². The van der Waals surface area contributed by atoms with Crippen LogP contribution in [0.15, 0.2) is 53.4 Å². The number of rotatable bonds is 5. The van der Waals surface area contributed by atoms with Crippen LogP contribution >= 0.6 is 0 Å². The summed E-state index contributed by atoms with van der Waals surface area (Å²) in [6.07, 6.45) is 0. The minimum absolute atomic E-state index is 0.0916. The van der Waals surface area contributed by atoms with Crippen LogP contribution in [0.2, 0.25) is 0 Å². The first kappa shape index (κ1) is 20.2. The van der Waals surface area contributed by atoms with Gasteiger partial charge in [0.25, 0.3) is 0 Å². The molecule has 0 saturated heterocycles. The molecule has 8 heteroatoms.